The van der Waals surface area contributed by atoms with E-state index in [1.165, 1.54) is 0 Å². The fraction of sp³-hybridized carbons (Fsp3) is 0.167. The van der Waals surface area contributed by atoms with Gasteiger partial charge in [0.25, 0.3) is 0 Å². The number of pyridine rings is 1. The van der Waals surface area contributed by atoms with Gasteiger partial charge in [-0.05, 0) is 43.7 Å². The normalized spacial score (nSPS) is 11.1. The number of hydrogen-bond acceptors (Lipinski definition) is 5. The van der Waals surface area contributed by atoms with Crippen molar-refractivity contribution in [1.29, 1.82) is 0 Å². The lowest BCUT2D eigenvalue weighted by molar-refractivity contribution is 0.518. The van der Waals surface area contributed by atoms with Crippen LogP contribution in [0.1, 0.15) is 17.0 Å². The van der Waals surface area contributed by atoms with Crippen LogP contribution in [0.15, 0.2) is 53.7 Å². The zero-order valence-corrected chi connectivity index (χ0v) is 13.5. The quantitative estimate of drug-likeness (QED) is 0.622. The maximum absolute atomic E-state index is 5.38. The maximum atomic E-state index is 5.38. The first kappa shape index (κ1) is 14.4. The Kier molecular flexibility index (Phi) is 3.49. The highest BCUT2D eigenvalue weighted by atomic mass is 16.3. The van der Waals surface area contributed by atoms with E-state index < -0.39 is 0 Å². The molecule has 4 aromatic rings. The molecule has 0 aliphatic rings. The third-order valence-corrected chi connectivity index (χ3v) is 4.21. The van der Waals surface area contributed by atoms with Crippen molar-refractivity contribution in [1.82, 2.24) is 19.5 Å². The molecule has 0 unspecified atom stereocenters. The summed E-state index contributed by atoms with van der Waals surface area (Å²) in [5, 5.41) is 4.37. The molecule has 0 saturated heterocycles. The summed E-state index contributed by atoms with van der Waals surface area (Å²) in [5.74, 6) is 1.67. The number of anilines is 1. The lowest BCUT2D eigenvalue weighted by atomic mass is 10.2. The molecule has 120 valence electrons. The van der Waals surface area contributed by atoms with Gasteiger partial charge in [0.1, 0.15) is 17.9 Å². The molecular weight excluding hydrogens is 302 g/mol. The Balaban J connectivity index is 1.83. The van der Waals surface area contributed by atoms with E-state index in [1.54, 1.807) is 18.8 Å². The molecule has 0 saturated carbocycles. The molecule has 4 rings (SSSR count). The van der Waals surface area contributed by atoms with Crippen LogP contribution < -0.4 is 5.32 Å². The van der Waals surface area contributed by atoms with Gasteiger partial charge in [0.15, 0.2) is 5.65 Å². The van der Waals surface area contributed by atoms with Gasteiger partial charge >= 0.3 is 0 Å². The SMILES string of the molecule is Cc1c(C)n(-c2cccnc2)c2ncnc(NCc3ccco3)c12. The topological polar surface area (TPSA) is 68.8 Å². The van der Waals surface area contributed by atoms with E-state index in [9.17, 15) is 0 Å². The van der Waals surface area contributed by atoms with Gasteiger partial charge in [-0.3, -0.25) is 9.55 Å². The molecule has 6 heteroatoms. The number of nitrogens with one attached hydrogen (secondary N) is 1. The van der Waals surface area contributed by atoms with Gasteiger partial charge in [-0.15, -0.1) is 0 Å². The summed E-state index contributed by atoms with van der Waals surface area (Å²) in [6, 6.07) is 7.76. The number of fused-ring (bicyclic) bond motifs is 1. The number of rotatable bonds is 4. The Morgan fingerprint density at radius 3 is 2.83 bits per heavy atom. The molecule has 0 amide bonds. The van der Waals surface area contributed by atoms with Crippen molar-refractivity contribution in [2.24, 2.45) is 0 Å². The van der Waals surface area contributed by atoms with Crippen LogP contribution >= 0.6 is 0 Å². The average Bonchev–Trinajstić information content (AvgIpc) is 3.22. The Bertz CT molecular complexity index is 974. The Hall–Kier alpha value is -3.15. The summed E-state index contributed by atoms with van der Waals surface area (Å²) < 4.78 is 7.48. The molecule has 0 atom stereocenters. The predicted octanol–water partition coefficient (Wildman–Crippen LogP) is 3.64. The van der Waals surface area contributed by atoms with E-state index in [1.807, 2.05) is 30.5 Å². The molecule has 0 spiro atoms. The molecule has 6 nitrogen and oxygen atoms in total. The number of furan rings is 1. The van der Waals surface area contributed by atoms with E-state index in [4.69, 9.17) is 4.42 Å². The van der Waals surface area contributed by atoms with Gasteiger partial charge in [0.05, 0.1) is 30.1 Å². The Labute approximate surface area is 139 Å². The fourth-order valence-corrected chi connectivity index (χ4v) is 2.92. The summed E-state index contributed by atoms with van der Waals surface area (Å²) in [7, 11) is 0. The van der Waals surface area contributed by atoms with Crippen molar-refractivity contribution in [3.8, 4) is 5.69 Å². The second-order valence-electron chi connectivity index (χ2n) is 5.61. The number of aryl methyl sites for hydroxylation is 1. The summed E-state index contributed by atoms with van der Waals surface area (Å²) in [5.41, 5.74) is 4.13. The van der Waals surface area contributed by atoms with Gasteiger partial charge in [0, 0.05) is 11.9 Å². The monoisotopic (exact) mass is 319 g/mol. The Morgan fingerprint density at radius 1 is 1.17 bits per heavy atom. The van der Waals surface area contributed by atoms with Crippen LogP contribution in [0.4, 0.5) is 5.82 Å². The lowest BCUT2D eigenvalue weighted by Crippen LogP contribution is -2.02. The molecule has 24 heavy (non-hydrogen) atoms. The van der Waals surface area contributed by atoms with Crippen LogP contribution in [0.25, 0.3) is 16.7 Å². The average molecular weight is 319 g/mol. The summed E-state index contributed by atoms with van der Waals surface area (Å²) in [6.45, 7) is 4.75. The standard InChI is InChI=1S/C18H17N5O/c1-12-13(2)23(14-5-3-7-19-9-14)18-16(12)17(21-11-22-18)20-10-15-6-4-8-24-15/h3-9,11H,10H2,1-2H3,(H,20,21,22). The van der Waals surface area contributed by atoms with E-state index in [0.29, 0.717) is 6.54 Å². The highest BCUT2D eigenvalue weighted by molar-refractivity contribution is 5.93. The largest absolute Gasteiger partial charge is 0.467 e. The van der Waals surface area contributed by atoms with Crippen molar-refractivity contribution in [2.75, 3.05) is 5.32 Å². The number of aromatic nitrogens is 4. The van der Waals surface area contributed by atoms with Gasteiger partial charge in [-0.25, -0.2) is 9.97 Å². The second-order valence-corrected chi connectivity index (χ2v) is 5.61. The third kappa shape index (κ3) is 2.32. The first-order chi connectivity index (χ1) is 11.8. The fourth-order valence-electron chi connectivity index (χ4n) is 2.92. The summed E-state index contributed by atoms with van der Waals surface area (Å²) in [4.78, 5) is 13.1. The van der Waals surface area contributed by atoms with Crippen molar-refractivity contribution in [3.05, 3.63) is 66.3 Å². The molecule has 0 aromatic carbocycles. The van der Waals surface area contributed by atoms with Crippen LogP contribution in [0.2, 0.25) is 0 Å². The molecule has 0 radical (unpaired) electrons. The van der Waals surface area contributed by atoms with Crippen LogP contribution in [0, 0.1) is 13.8 Å². The molecule has 0 bridgehead atoms. The minimum atomic E-state index is 0.579. The third-order valence-electron chi connectivity index (χ3n) is 4.21. The lowest BCUT2D eigenvalue weighted by Gasteiger charge is -2.08. The minimum absolute atomic E-state index is 0.579. The molecule has 0 fully saturated rings. The summed E-state index contributed by atoms with van der Waals surface area (Å²) >= 11 is 0. The van der Waals surface area contributed by atoms with Crippen LogP contribution in [0.5, 0.6) is 0 Å². The van der Waals surface area contributed by atoms with Crippen LogP contribution in [-0.2, 0) is 6.54 Å². The van der Waals surface area contributed by atoms with Crippen molar-refractivity contribution in [3.63, 3.8) is 0 Å². The van der Waals surface area contributed by atoms with E-state index in [-0.39, 0.29) is 0 Å². The molecule has 0 aliphatic heterocycles. The Morgan fingerprint density at radius 2 is 2.08 bits per heavy atom. The number of hydrogen-bond donors (Lipinski definition) is 1. The second kappa shape index (κ2) is 5.81. The molecule has 0 aliphatic carbocycles. The molecule has 1 N–H and O–H groups in total. The smallest absolute Gasteiger partial charge is 0.150 e. The molecule has 4 heterocycles. The van der Waals surface area contributed by atoms with E-state index >= 15 is 0 Å². The van der Waals surface area contributed by atoms with Gasteiger partial charge in [-0.1, -0.05) is 0 Å². The zero-order chi connectivity index (χ0) is 16.5. The van der Waals surface area contributed by atoms with Crippen molar-refractivity contribution in [2.45, 2.75) is 20.4 Å². The molecular formula is C18H17N5O. The van der Waals surface area contributed by atoms with E-state index in [0.717, 1.165) is 39.6 Å². The van der Waals surface area contributed by atoms with Gasteiger partial charge < -0.3 is 9.73 Å². The first-order valence-electron chi connectivity index (χ1n) is 7.75. The highest BCUT2D eigenvalue weighted by Crippen LogP contribution is 2.31. The van der Waals surface area contributed by atoms with Gasteiger partial charge in [0.2, 0.25) is 0 Å². The highest BCUT2D eigenvalue weighted by Gasteiger charge is 2.17. The first-order valence-corrected chi connectivity index (χ1v) is 7.75. The zero-order valence-electron chi connectivity index (χ0n) is 13.5. The van der Waals surface area contributed by atoms with E-state index in [2.05, 4.69) is 38.7 Å². The number of nitrogens with zero attached hydrogens (tertiary/aromatic N) is 4. The predicted molar refractivity (Wildman–Crippen MR) is 92.2 cm³/mol. The summed E-state index contributed by atoms with van der Waals surface area (Å²) in [6.07, 6.45) is 6.85. The van der Waals surface area contributed by atoms with Crippen LogP contribution in [-0.4, -0.2) is 19.5 Å². The maximum Gasteiger partial charge on any atom is 0.150 e. The van der Waals surface area contributed by atoms with Crippen LogP contribution in [0.3, 0.4) is 0 Å². The van der Waals surface area contributed by atoms with Crippen molar-refractivity contribution < 1.29 is 4.42 Å². The van der Waals surface area contributed by atoms with Gasteiger partial charge in [-0.2, -0.15) is 0 Å². The van der Waals surface area contributed by atoms with Crippen molar-refractivity contribution >= 4 is 16.9 Å². The minimum Gasteiger partial charge on any atom is -0.467 e. The molecule has 4 aromatic heterocycles.